The number of carbonyl (C=O) groups is 1. The maximum Gasteiger partial charge on any atom is 0.318 e. The van der Waals surface area contributed by atoms with E-state index in [9.17, 15) is 4.79 Å². The average Bonchev–Trinajstić information content (AvgIpc) is 3.26. The zero-order valence-electron chi connectivity index (χ0n) is 14.0. The van der Waals surface area contributed by atoms with Gasteiger partial charge in [-0.2, -0.15) is 0 Å². The van der Waals surface area contributed by atoms with Gasteiger partial charge in [0.15, 0.2) is 0 Å². The van der Waals surface area contributed by atoms with E-state index in [1.54, 1.807) is 24.6 Å². The molecule has 6 nitrogen and oxygen atoms in total. The van der Waals surface area contributed by atoms with Gasteiger partial charge >= 0.3 is 6.03 Å². The largest absolute Gasteiger partial charge is 0.464 e. The van der Waals surface area contributed by atoms with Crippen molar-refractivity contribution in [1.82, 2.24) is 15.2 Å². The first kappa shape index (κ1) is 17.0. The maximum atomic E-state index is 12.9. The van der Waals surface area contributed by atoms with Crippen molar-refractivity contribution in [3.63, 3.8) is 0 Å². The molecule has 0 aliphatic carbocycles. The average molecular weight is 349 g/mol. The monoisotopic (exact) mass is 349 g/mol. The number of urea groups is 1. The Morgan fingerprint density at radius 2 is 2.42 bits per heavy atom. The van der Waals surface area contributed by atoms with Crippen molar-refractivity contribution in [1.29, 1.82) is 0 Å². The molecule has 1 N–H and O–H groups in total. The minimum Gasteiger partial charge on any atom is -0.464 e. The molecular formula is C17H23N3O3S. The molecule has 0 saturated carbocycles. The molecule has 1 aliphatic heterocycles. The predicted molar refractivity (Wildman–Crippen MR) is 92.0 cm³/mol. The van der Waals surface area contributed by atoms with Gasteiger partial charge in [0.2, 0.25) is 0 Å². The molecule has 2 amide bonds. The number of ether oxygens (including phenoxy) is 1. The van der Waals surface area contributed by atoms with Crippen LogP contribution in [0, 0.1) is 6.92 Å². The summed E-state index contributed by atoms with van der Waals surface area (Å²) in [6.45, 7) is 3.00. The summed E-state index contributed by atoms with van der Waals surface area (Å²) in [6, 6.07) is 3.44. The Hall–Kier alpha value is -1.86. The summed E-state index contributed by atoms with van der Waals surface area (Å²) in [6.07, 6.45) is 4.89. The molecule has 3 rings (SSSR count). The Bertz CT molecular complexity index is 656. The molecule has 0 radical (unpaired) electrons. The molecule has 2 atom stereocenters. The number of rotatable bonds is 5. The highest BCUT2D eigenvalue weighted by atomic mass is 32.1. The zero-order chi connectivity index (χ0) is 16.9. The summed E-state index contributed by atoms with van der Waals surface area (Å²) in [5.74, 6) is 1.53. The second kappa shape index (κ2) is 7.81. The van der Waals surface area contributed by atoms with E-state index in [1.807, 2.05) is 29.3 Å². The lowest BCUT2D eigenvalue weighted by Gasteiger charge is -2.35. The number of carbonyl (C=O) groups excluding carboxylic acids is 1. The zero-order valence-corrected chi connectivity index (χ0v) is 14.8. The molecule has 1 fully saturated rings. The van der Waals surface area contributed by atoms with Gasteiger partial charge in [0, 0.05) is 25.2 Å². The van der Waals surface area contributed by atoms with E-state index in [1.165, 1.54) is 0 Å². The van der Waals surface area contributed by atoms with Gasteiger partial charge in [0.1, 0.15) is 22.6 Å². The van der Waals surface area contributed by atoms with Gasteiger partial charge < -0.3 is 19.4 Å². The number of furan rings is 1. The minimum absolute atomic E-state index is 0.0558. The van der Waals surface area contributed by atoms with Crippen molar-refractivity contribution < 1.29 is 13.9 Å². The Morgan fingerprint density at radius 3 is 3.08 bits per heavy atom. The lowest BCUT2D eigenvalue weighted by Crippen LogP contribution is -2.46. The summed E-state index contributed by atoms with van der Waals surface area (Å²) >= 11 is 1.60. The maximum absolute atomic E-state index is 12.9. The quantitative estimate of drug-likeness (QED) is 0.894. The standard InChI is InChI=1S/C17H23N3O3S/c1-12-6-7-15(23-12)13(11-22-2)19-17(21)20-9-4-3-5-14(20)16-18-8-10-24-16/h6-8,10,13-14H,3-5,9,11H2,1-2H3,(H,19,21). The van der Waals surface area contributed by atoms with Gasteiger partial charge in [-0.3, -0.25) is 0 Å². The number of piperidine rings is 1. The first-order valence-corrected chi connectivity index (χ1v) is 9.09. The SMILES string of the molecule is COCC(NC(=O)N1CCCCC1c1nccs1)c1ccc(C)o1. The Labute approximate surface area is 145 Å². The summed E-state index contributed by atoms with van der Waals surface area (Å²) in [5, 5.41) is 6.01. The number of likely N-dealkylation sites (tertiary alicyclic amines) is 1. The number of nitrogens with one attached hydrogen (secondary N) is 1. The van der Waals surface area contributed by atoms with Gasteiger partial charge in [-0.25, -0.2) is 9.78 Å². The number of aryl methyl sites for hydroxylation is 1. The van der Waals surface area contributed by atoms with E-state index in [4.69, 9.17) is 9.15 Å². The van der Waals surface area contributed by atoms with Crippen molar-refractivity contribution in [3.05, 3.63) is 40.2 Å². The number of methoxy groups -OCH3 is 1. The molecule has 2 aromatic heterocycles. The number of nitrogens with zero attached hydrogens (tertiary/aromatic N) is 2. The fourth-order valence-electron chi connectivity index (χ4n) is 3.06. The van der Waals surface area contributed by atoms with Crippen molar-refractivity contribution in [2.75, 3.05) is 20.3 Å². The van der Waals surface area contributed by atoms with E-state index >= 15 is 0 Å². The van der Waals surface area contributed by atoms with Crippen LogP contribution in [0.25, 0.3) is 0 Å². The van der Waals surface area contributed by atoms with Crippen molar-refractivity contribution in [3.8, 4) is 0 Å². The molecule has 0 spiro atoms. The Kier molecular flexibility index (Phi) is 5.52. The van der Waals surface area contributed by atoms with Crippen LogP contribution in [-0.2, 0) is 4.74 Å². The van der Waals surface area contributed by atoms with E-state index in [0.29, 0.717) is 12.4 Å². The van der Waals surface area contributed by atoms with Crippen molar-refractivity contribution >= 4 is 17.4 Å². The fraction of sp³-hybridized carbons (Fsp3) is 0.529. The molecule has 2 aromatic rings. The highest BCUT2D eigenvalue weighted by Crippen LogP contribution is 2.32. The van der Waals surface area contributed by atoms with E-state index in [-0.39, 0.29) is 18.1 Å². The molecule has 1 aliphatic rings. The molecular weight excluding hydrogens is 326 g/mol. The fourth-order valence-corrected chi connectivity index (χ4v) is 3.85. The van der Waals surface area contributed by atoms with Crippen LogP contribution >= 0.6 is 11.3 Å². The molecule has 130 valence electrons. The van der Waals surface area contributed by atoms with E-state index in [2.05, 4.69) is 10.3 Å². The topological polar surface area (TPSA) is 67.6 Å². The van der Waals surface area contributed by atoms with Crippen LogP contribution in [-0.4, -0.2) is 36.2 Å². The normalized spacial score (nSPS) is 19.2. The molecule has 1 saturated heterocycles. The molecule has 3 heterocycles. The minimum atomic E-state index is -0.296. The molecule has 0 bridgehead atoms. The molecule has 0 aromatic carbocycles. The first-order valence-electron chi connectivity index (χ1n) is 8.21. The number of aromatic nitrogens is 1. The summed E-state index contributed by atoms with van der Waals surface area (Å²) < 4.78 is 10.9. The van der Waals surface area contributed by atoms with Crippen LogP contribution in [0.15, 0.2) is 28.1 Å². The second-order valence-electron chi connectivity index (χ2n) is 5.98. The third kappa shape index (κ3) is 3.79. The second-order valence-corrected chi connectivity index (χ2v) is 6.91. The van der Waals surface area contributed by atoms with Gasteiger partial charge in [-0.05, 0) is 38.3 Å². The highest BCUT2D eigenvalue weighted by Gasteiger charge is 2.31. The highest BCUT2D eigenvalue weighted by molar-refractivity contribution is 7.09. The lowest BCUT2D eigenvalue weighted by atomic mass is 10.0. The molecule has 2 unspecified atom stereocenters. The summed E-state index contributed by atoms with van der Waals surface area (Å²) in [5.41, 5.74) is 0. The van der Waals surface area contributed by atoms with Gasteiger partial charge in [-0.15, -0.1) is 11.3 Å². The van der Waals surface area contributed by atoms with Crippen LogP contribution in [0.4, 0.5) is 4.79 Å². The van der Waals surface area contributed by atoms with Crippen LogP contribution in [0.5, 0.6) is 0 Å². The molecule has 24 heavy (non-hydrogen) atoms. The Balaban J connectivity index is 1.73. The molecule has 7 heteroatoms. The van der Waals surface area contributed by atoms with Gasteiger partial charge in [0.25, 0.3) is 0 Å². The van der Waals surface area contributed by atoms with Crippen LogP contribution in [0.2, 0.25) is 0 Å². The third-order valence-corrected chi connectivity index (χ3v) is 5.11. The van der Waals surface area contributed by atoms with Crippen LogP contribution < -0.4 is 5.32 Å². The smallest absolute Gasteiger partial charge is 0.318 e. The number of thiazole rings is 1. The van der Waals surface area contributed by atoms with Gasteiger partial charge in [-0.1, -0.05) is 0 Å². The number of hydrogen-bond donors (Lipinski definition) is 1. The number of amides is 2. The van der Waals surface area contributed by atoms with E-state index in [0.717, 1.165) is 36.6 Å². The first-order chi connectivity index (χ1) is 11.7. The van der Waals surface area contributed by atoms with Crippen LogP contribution in [0.3, 0.4) is 0 Å². The van der Waals surface area contributed by atoms with Crippen LogP contribution in [0.1, 0.15) is 47.9 Å². The number of hydrogen-bond acceptors (Lipinski definition) is 5. The van der Waals surface area contributed by atoms with Crippen molar-refractivity contribution in [2.24, 2.45) is 0 Å². The lowest BCUT2D eigenvalue weighted by molar-refractivity contribution is 0.127. The Morgan fingerprint density at radius 1 is 1.54 bits per heavy atom. The van der Waals surface area contributed by atoms with E-state index < -0.39 is 0 Å². The third-order valence-electron chi connectivity index (χ3n) is 4.24. The van der Waals surface area contributed by atoms with Gasteiger partial charge in [0.05, 0.1) is 12.6 Å². The summed E-state index contributed by atoms with van der Waals surface area (Å²) in [4.78, 5) is 19.2. The predicted octanol–water partition coefficient (Wildman–Crippen LogP) is 3.67. The van der Waals surface area contributed by atoms with Crippen molar-refractivity contribution in [2.45, 2.75) is 38.3 Å². The summed E-state index contributed by atoms with van der Waals surface area (Å²) in [7, 11) is 1.62.